The van der Waals surface area contributed by atoms with E-state index in [9.17, 15) is 8.42 Å². The van der Waals surface area contributed by atoms with Gasteiger partial charge in [0, 0.05) is 12.0 Å². The van der Waals surface area contributed by atoms with E-state index in [4.69, 9.17) is 15.7 Å². The number of hydrogen-bond acceptors (Lipinski definition) is 6. The highest BCUT2D eigenvalue weighted by atomic mass is 32.2. The Kier molecular flexibility index (Phi) is 4.96. The summed E-state index contributed by atoms with van der Waals surface area (Å²) in [7, 11) is -3.23. The first-order chi connectivity index (χ1) is 10.4. The van der Waals surface area contributed by atoms with Crippen molar-refractivity contribution < 1.29 is 13.2 Å². The minimum atomic E-state index is -3.23. The average Bonchev–Trinajstić information content (AvgIpc) is 2.48. The summed E-state index contributed by atoms with van der Waals surface area (Å²) in [6.45, 7) is 0. The third-order valence-electron chi connectivity index (χ3n) is 2.93. The van der Waals surface area contributed by atoms with Gasteiger partial charge in [-0.15, -0.1) is 0 Å². The summed E-state index contributed by atoms with van der Waals surface area (Å²) in [5.41, 5.74) is 7.31. The number of sulfone groups is 1. The van der Waals surface area contributed by atoms with Crippen LogP contribution >= 0.6 is 11.8 Å². The molecule has 0 saturated heterocycles. The Labute approximate surface area is 133 Å². The molecule has 7 heteroatoms. The minimum absolute atomic E-state index is 0.229. The Hall–Kier alpha value is -2.17. The summed E-state index contributed by atoms with van der Waals surface area (Å²) in [6.07, 6.45) is 1.15. The number of ether oxygens (including phenoxy) is 1. The maximum Gasteiger partial charge on any atom is 0.175 e. The quantitative estimate of drug-likeness (QED) is 0.667. The Morgan fingerprint density at radius 3 is 2.50 bits per heavy atom. The lowest BCUT2D eigenvalue weighted by Crippen LogP contribution is -1.98. The van der Waals surface area contributed by atoms with Crippen molar-refractivity contribution >= 4 is 27.3 Å². The van der Waals surface area contributed by atoms with Gasteiger partial charge in [0.05, 0.1) is 10.6 Å². The first kappa shape index (κ1) is 16.2. The molecular formula is C15H14N2O3S2. The third-order valence-corrected chi connectivity index (χ3v) is 4.64. The highest BCUT2D eigenvalue weighted by molar-refractivity contribution is 8.03. The molecule has 0 aliphatic carbocycles. The zero-order chi connectivity index (χ0) is 16.2. The minimum Gasteiger partial charge on any atom is -0.455 e. The second kappa shape index (κ2) is 6.73. The molecular weight excluding hydrogens is 320 g/mol. The second-order valence-corrected chi connectivity index (χ2v) is 7.33. The third kappa shape index (κ3) is 3.93. The number of nitrogens with zero attached hydrogens (tertiary/aromatic N) is 1. The predicted octanol–water partition coefficient (Wildman–Crippen LogP) is 3.18. The van der Waals surface area contributed by atoms with Crippen molar-refractivity contribution in [3.63, 3.8) is 0 Å². The van der Waals surface area contributed by atoms with Gasteiger partial charge >= 0.3 is 0 Å². The summed E-state index contributed by atoms with van der Waals surface area (Å²) in [5, 5.41) is 10.6. The van der Waals surface area contributed by atoms with E-state index in [1.165, 1.54) is 12.1 Å². The molecule has 2 aromatic rings. The zero-order valence-corrected chi connectivity index (χ0v) is 13.4. The molecule has 0 unspecified atom stereocenters. The standard InChI is InChI=1S/C15H14N2O3S2/c1-22(18,19)13-7-5-12(6-8-13)20-14-4-2-3-11(15(14)17)9-21-10-16/h2-8H,9,17H2,1H3. The van der Waals surface area contributed by atoms with E-state index in [0.29, 0.717) is 22.9 Å². The van der Waals surface area contributed by atoms with Crippen molar-refractivity contribution in [2.24, 2.45) is 0 Å². The van der Waals surface area contributed by atoms with Gasteiger partial charge in [0.2, 0.25) is 0 Å². The fraction of sp³-hybridized carbons (Fsp3) is 0.133. The first-order valence-corrected chi connectivity index (χ1v) is 9.15. The summed E-state index contributed by atoms with van der Waals surface area (Å²) in [6, 6.07) is 11.5. The summed E-state index contributed by atoms with van der Waals surface area (Å²) >= 11 is 1.10. The van der Waals surface area contributed by atoms with Crippen LogP contribution in [0.3, 0.4) is 0 Å². The van der Waals surface area contributed by atoms with Crippen LogP contribution in [0.5, 0.6) is 11.5 Å². The zero-order valence-electron chi connectivity index (χ0n) is 11.8. The molecule has 0 saturated carbocycles. The number of anilines is 1. The number of thioether (sulfide) groups is 1. The Bertz CT molecular complexity index is 810. The predicted molar refractivity (Wildman–Crippen MR) is 87.4 cm³/mol. The molecule has 0 aromatic heterocycles. The summed E-state index contributed by atoms with van der Waals surface area (Å²) < 4.78 is 28.5. The van der Waals surface area contributed by atoms with Gasteiger partial charge in [-0.1, -0.05) is 12.1 Å². The van der Waals surface area contributed by atoms with E-state index in [1.807, 2.05) is 11.5 Å². The number of para-hydroxylation sites is 1. The van der Waals surface area contributed by atoms with Gasteiger partial charge in [0.25, 0.3) is 0 Å². The fourth-order valence-electron chi connectivity index (χ4n) is 1.80. The number of rotatable bonds is 5. The second-order valence-electron chi connectivity index (χ2n) is 4.55. The summed E-state index contributed by atoms with van der Waals surface area (Å²) in [5.74, 6) is 1.44. The number of benzene rings is 2. The number of nitriles is 1. The Balaban J connectivity index is 2.22. The first-order valence-electron chi connectivity index (χ1n) is 6.28. The molecule has 0 amide bonds. The molecule has 0 spiro atoms. The van der Waals surface area contributed by atoms with Gasteiger partial charge in [-0.25, -0.2) is 8.42 Å². The average molecular weight is 334 g/mol. The van der Waals surface area contributed by atoms with Crippen LogP contribution in [0.1, 0.15) is 5.56 Å². The number of nitrogen functional groups attached to an aromatic ring is 1. The van der Waals surface area contributed by atoms with Crippen molar-refractivity contribution in [2.75, 3.05) is 12.0 Å². The monoisotopic (exact) mass is 334 g/mol. The van der Waals surface area contributed by atoms with Crippen LogP contribution in [0.4, 0.5) is 5.69 Å². The molecule has 114 valence electrons. The normalized spacial score (nSPS) is 10.9. The smallest absolute Gasteiger partial charge is 0.175 e. The van der Waals surface area contributed by atoms with Gasteiger partial charge in [-0.2, -0.15) is 5.26 Å². The van der Waals surface area contributed by atoms with Crippen LogP contribution in [-0.4, -0.2) is 14.7 Å². The molecule has 5 nitrogen and oxygen atoms in total. The van der Waals surface area contributed by atoms with Crippen LogP contribution in [0, 0.1) is 10.7 Å². The topological polar surface area (TPSA) is 93.2 Å². The van der Waals surface area contributed by atoms with Crippen molar-refractivity contribution in [3.8, 4) is 16.9 Å². The molecule has 22 heavy (non-hydrogen) atoms. The Morgan fingerprint density at radius 2 is 1.91 bits per heavy atom. The number of nitrogens with two attached hydrogens (primary N) is 1. The molecule has 0 atom stereocenters. The van der Waals surface area contributed by atoms with Crippen molar-refractivity contribution in [1.29, 1.82) is 5.26 Å². The largest absolute Gasteiger partial charge is 0.455 e. The molecule has 0 aliphatic heterocycles. The Morgan fingerprint density at radius 1 is 1.23 bits per heavy atom. The van der Waals surface area contributed by atoms with Crippen molar-refractivity contribution in [3.05, 3.63) is 48.0 Å². The SMILES string of the molecule is CS(=O)(=O)c1ccc(Oc2cccc(CSC#N)c2N)cc1. The summed E-state index contributed by atoms with van der Waals surface area (Å²) in [4.78, 5) is 0.229. The van der Waals surface area contributed by atoms with Crippen molar-refractivity contribution in [1.82, 2.24) is 0 Å². The van der Waals surface area contributed by atoms with E-state index in [0.717, 1.165) is 23.6 Å². The van der Waals surface area contributed by atoms with Gasteiger partial charge in [0.15, 0.2) is 15.6 Å². The lowest BCUT2D eigenvalue weighted by Gasteiger charge is -2.11. The van der Waals surface area contributed by atoms with Crippen molar-refractivity contribution in [2.45, 2.75) is 10.6 Å². The van der Waals surface area contributed by atoms with Crippen LogP contribution in [0.15, 0.2) is 47.4 Å². The highest BCUT2D eigenvalue weighted by Gasteiger charge is 2.09. The van der Waals surface area contributed by atoms with Gasteiger partial charge in [-0.3, -0.25) is 0 Å². The van der Waals surface area contributed by atoms with Gasteiger partial charge < -0.3 is 10.5 Å². The van der Waals surface area contributed by atoms with Crippen LogP contribution in [-0.2, 0) is 15.6 Å². The lowest BCUT2D eigenvalue weighted by atomic mass is 10.2. The maximum absolute atomic E-state index is 11.4. The van der Waals surface area contributed by atoms with Crippen LogP contribution in [0.2, 0.25) is 0 Å². The molecule has 2 rings (SSSR count). The highest BCUT2D eigenvalue weighted by Crippen LogP contribution is 2.32. The molecule has 2 N–H and O–H groups in total. The van der Waals surface area contributed by atoms with Crippen LogP contribution in [0.25, 0.3) is 0 Å². The molecule has 0 aliphatic rings. The van der Waals surface area contributed by atoms with E-state index in [2.05, 4.69) is 0 Å². The molecule has 0 heterocycles. The van der Waals surface area contributed by atoms with E-state index >= 15 is 0 Å². The van der Waals surface area contributed by atoms with E-state index in [-0.39, 0.29) is 4.90 Å². The van der Waals surface area contributed by atoms with E-state index in [1.54, 1.807) is 24.3 Å². The van der Waals surface area contributed by atoms with Gasteiger partial charge in [0.1, 0.15) is 11.2 Å². The van der Waals surface area contributed by atoms with Gasteiger partial charge in [-0.05, 0) is 47.7 Å². The number of hydrogen-bond donors (Lipinski definition) is 1. The lowest BCUT2D eigenvalue weighted by molar-refractivity contribution is 0.484. The molecule has 0 fully saturated rings. The fourth-order valence-corrected chi connectivity index (χ4v) is 2.90. The number of thiocyanates is 1. The molecule has 0 radical (unpaired) electrons. The van der Waals surface area contributed by atoms with E-state index < -0.39 is 9.84 Å². The van der Waals surface area contributed by atoms with Crippen LogP contribution < -0.4 is 10.5 Å². The molecule has 0 bridgehead atoms. The molecule has 2 aromatic carbocycles. The maximum atomic E-state index is 11.4.